The fourth-order valence-electron chi connectivity index (χ4n) is 2.06. The maximum absolute atomic E-state index is 12.2. The van der Waals surface area contributed by atoms with E-state index >= 15 is 0 Å². The highest BCUT2D eigenvalue weighted by atomic mass is 16.5. The average Bonchev–Trinajstić information content (AvgIpc) is 2.51. The Morgan fingerprint density at radius 3 is 2.36 bits per heavy atom. The largest absolute Gasteiger partial charge is 0.462 e. The van der Waals surface area contributed by atoms with E-state index in [1.807, 2.05) is 13.8 Å². The van der Waals surface area contributed by atoms with Crippen LogP contribution in [-0.2, 0) is 9.47 Å². The number of rotatable bonds is 8. The third-order valence-corrected chi connectivity index (χ3v) is 3.33. The van der Waals surface area contributed by atoms with Crippen LogP contribution in [-0.4, -0.2) is 49.7 Å². The molecule has 0 radical (unpaired) electrons. The normalized spacial score (nSPS) is 10.5. The molecule has 0 unspecified atom stereocenters. The monoisotopic (exact) mass is 308 g/mol. The van der Waals surface area contributed by atoms with E-state index < -0.39 is 11.9 Å². The van der Waals surface area contributed by atoms with E-state index in [1.54, 1.807) is 19.1 Å². The maximum atomic E-state index is 12.2. The van der Waals surface area contributed by atoms with E-state index in [2.05, 4.69) is 4.90 Å². The highest BCUT2D eigenvalue weighted by molar-refractivity contribution is 6.06. The lowest BCUT2D eigenvalue weighted by atomic mass is 10.1. The molecule has 0 heterocycles. The van der Waals surface area contributed by atoms with E-state index in [0.717, 1.165) is 13.1 Å². The van der Waals surface area contributed by atoms with Crippen molar-refractivity contribution in [3.8, 4) is 0 Å². The quantitative estimate of drug-likeness (QED) is 0.584. The van der Waals surface area contributed by atoms with Crippen LogP contribution in [0.2, 0.25) is 0 Å². The van der Waals surface area contributed by atoms with Crippen LogP contribution in [0.5, 0.6) is 0 Å². The number of nitrogens with zero attached hydrogens (tertiary/aromatic N) is 1. The number of nitrogens with two attached hydrogens (primary N) is 1. The van der Waals surface area contributed by atoms with E-state index in [-0.39, 0.29) is 30.0 Å². The van der Waals surface area contributed by atoms with Crippen molar-refractivity contribution < 1.29 is 19.1 Å². The van der Waals surface area contributed by atoms with Crippen LogP contribution in [0.3, 0.4) is 0 Å². The molecule has 0 aliphatic carbocycles. The zero-order valence-corrected chi connectivity index (χ0v) is 13.4. The summed E-state index contributed by atoms with van der Waals surface area (Å²) >= 11 is 0. The molecule has 0 aromatic heterocycles. The van der Waals surface area contributed by atoms with Gasteiger partial charge in [0, 0.05) is 12.2 Å². The summed E-state index contributed by atoms with van der Waals surface area (Å²) in [5, 5.41) is 0. The number of hydrogen-bond donors (Lipinski definition) is 1. The van der Waals surface area contributed by atoms with Gasteiger partial charge in [-0.1, -0.05) is 19.9 Å². The Hall–Kier alpha value is -2.08. The highest BCUT2D eigenvalue weighted by Crippen LogP contribution is 2.19. The molecule has 6 nitrogen and oxygen atoms in total. The Balaban J connectivity index is 2.81. The predicted octanol–water partition coefficient (Wildman–Crippen LogP) is 1.94. The molecular weight excluding hydrogens is 284 g/mol. The second-order valence-electron chi connectivity index (χ2n) is 4.65. The van der Waals surface area contributed by atoms with Gasteiger partial charge in [0.1, 0.15) is 6.61 Å². The molecule has 2 N–H and O–H groups in total. The molecular formula is C16H24N2O4. The number of carbonyl (C=O) groups is 2. The molecule has 0 atom stereocenters. The van der Waals surface area contributed by atoms with Gasteiger partial charge in [0.25, 0.3) is 0 Å². The van der Waals surface area contributed by atoms with Crippen molar-refractivity contribution in [3.05, 3.63) is 29.3 Å². The number of ether oxygens (including phenoxy) is 2. The summed E-state index contributed by atoms with van der Waals surface area (Å²) in [6.45, 7) is 8.68. The Morgan fingerprint density at radius 2 is 1.77 bits per heavy atom. The van der Waals surface area contributed by atoms with Gasteiger partial charge in [0.2, 0.25) is 0 Å². The Morgan fingerprint density at radius 1 is 1.09 bits per heavy atom. The van der Waals surface area contributed by atoms with Crippen molar-refractivity contribution >= 4 is 17.6 Å². The zero-order valence-electron chi connectivity index (χ0n) is 13.4. The van der Waals surface area contributed by atoms with Crippen molar-refractivity contribution in [1.82, 2.24) is 4.90 Å². The number of benzene rings is 1. The number of nitrogen functional groups attached to an aromatic ring is 1. The van der Waals surface area contributed by atoms with Gasteiger partial charge >= 0.3 is 11.9 Å². The van der Waals surface area contributed by atoms with Crippen LogP contribution in [0.25, 0.3) is 0 Å². The topological polar surface area (TPSA) is 81.9 Å². The summed E-state index contributed by atoms with van der Waals surface area (Å²) in [6, 6.07) is 4.68. The van der Waals surface area contributed by atoms with Gasteiger partial charge in [0.15, 0.2) is 0 Å². The first-order valence-electron chi connectivity index (χ1n) is 7.50. The zero-order chi connectivity index (χ0) is 16.5. The van der Waals surface area contributed by atoms with Crippen LogP contribution in [0.4, 0.5) is 5.69 Å². The molecule has 0 amide bonds. The van der Waals surface area contributed by atoms with Crippen LogP contribution in [0.1, 0.15) is 41.5 Å². The molecule has 0 fully saturated rings. The van der Waals surface area contributed by atoms with Gasteiger partial charge in [-0.25, -0.2) is 9.59 Å². The molecule has 1 rings (SSSR count). The predicted molar refractivity (Wildman–Crippen MR) is 84.9 cm³/mol. The SMILES string of the molecule is CCOC(=O)c1c(N)cccc1C(=O)OCCN(CC)CC. The summed E-state index contributed by atoms with van der Waals surface area (Å²) in [4.78, 5) is 26.3. The van der Waals surface area contributed by atoms with Crippen LogP contribution < -0.4 is 5.73 Å². The van der Waals surface area contributed by atoms with Crippen molar-refractivity contribution in [3.63, 3.8) is 0 Å². The second kappa shape index (κ2) is 9.04. The van der Waals surface area contributed by atoms with E-state index in [9.17, 15) is 9.59 Å². The first-order chi connectivity index (χ1) is 10.5. The number of carbonyl (C=O) groups excluding carboxylic acids is 2. The fourth-order valence-corrected chi connectivity index (χ4v) is 2.06. The Labute approximate surface area is 131 Å². The van der Waals surface area contributed by atoms with Gasteiger partial charge in [-0.15, -0.1) is 0 Å². The van der Waals surface area contributed by atoms with Crippen molar-refractivity contribution in [2.45, 2.75) is 20.8 Å². The minimum absolute atomic E-state index is 0.0668. The Kier molecular flexibility index (Phi) is 7.39. The number of esters is 2. The van der Waals surface area contributed by atoms with Crippen LogP contribution >= 0.6 is 0 Å². The van der Waals surface area contributed by atoms with E-state index in [4.69, 9.17) is 15.2 Å². The minimum atomic E-state index is -0.615. The molecule has 122 valence electrons. The lowest BCUT2D eigenvalue weighted by Gasteiger charge is -2.18. The lowest BCUT2D eigenvalue weighted by molar-refractivity contribution is 0.0441. The van der Waals surface area contributed by atoms with Gasteiger partial charge in [-0.05, 0) is 32.1 Å². The standard InChI is InChI=1S/C16H24N2O4/c1-4-18(5-2)10-11-22-15(19)12-8-7-9-13(17)14(12)16(20)21-6-3/h7-9H,4-6,10-11,17H2,1-3H3. The molecule has 0 aliphatic heterocycles. The summed E-state index contributed by atoms with van der Waals surface area (Å²) in [5.74, 6) is -1.18. The molecule has 1 aromatic rings. The highest BCUT2D eigenvalue weighted by Gasteiger charge is 2.22. The third-order valence-electron chi connectivity index (χ3n) is 3.33. The molecule has 0 spiro atoms. The second-order valence-corrected chi connectivity index (χ2v) is 4.65. The van der Waals surface area contributed by atoms with Gasteiger partial charge < -0.3 is 20.1 Å². The smallest absolute Gasteiger partial charge is 0.341 e. The first-order valence-corrected chi connectivity index (χ1v) is 7.50. The number of anilines is 1. The molecule has 0 bridgehead atoms. The third kappa shape index (κ3) is 4.73. The van der Waals surface area contributed by atoms with E-state index in [1.165, 1.54) is 6.07 Å². The lowest BCUT2D eigenvalue weighted by Crippen LogP contribution is -2.28. The molecule has 0 saturated heterocycles. The number of likely N-dealkylation sites (N-methyl/N-ethyl adjacent to an activating group) is 1. The molecule has 0 saturated carbocycles. The van der Waals surface area contributed by atoms with Gasteiger partial charge in [-0.3, -0.25) is 0 Å². The molecule has 1 aromatic carbocycles. The maximum Gasteiger partial charge on any atom is 0.341 e. The van der Waals surface area contributed by atoms with Gasteiger partial charge in [-0.2, -0.15) is 0 Å². The Bertz CT molecular complexity index is 513. The molecule has 0 aliphatic rings. The summed E-state index contributed by atoms with van der Waals surface area (Å²) in [6.07, 6.45) is 0. The summed E-state index contributed by atoms with van der Waals surface area (Å²) in [7, 11) is 0. The molecule has 22 heavy (non-hydrogen) atoms. The summed E-state index contributed by atoms with van der Waals surface area (Å²) < 4.78 is 10.2. The van der Waals surface area contributed by atoms with Crippen molar-refractivity contribution in [1.29, 1.82) is 0 Å². The number of hydrogen-bond acceptors (Lipinski definition) is 6. The minimum Gasteiger partial charge on any atom is -0.462 e. The van der Waals surface area contributed by atoms with Crippen molar-refractivity contribution in [2.75, 3.05) is 38.6 Å². The van der Waals surface area contributed by atoms with Gasteiger partial charge in [0.05, 0.1) is 17.7 Å². The molecule has 6 heteroatoms. The fraction of sp³-hybridized carbons (Fsp3) is 0.500. The average molecular weight is 308 g/mol. The first kappa shape index (κ1) is 18.0. The van der Waals surface area contributed by atoms with Crippen LogP contribution in [0, 0.1) is 0 Å². The van der Waals surface area contributed by atoms with E-state index in [0.29, 0.717) is 6.54 Å². The van der Waals surface area contributed by atoms with Crippen molar-refractivity contribution in [2.24, 2.45) is 0 Å². The van der Waals surface area contributed by atoms with Crippen LogP contribution in [0.15, 0.2) is 18.2 Å². The summed E-state index contributed by atoms with van der Waals surface area (Å²) in [5.41, 5.74) is 6.20.